The van der Waals surface area contributed by atoms with Crippen molar-refractivity contribution in [2.24, 2.45) is 4.99 Å². The number of guanidine groups is 1. The normalized spacial score (nSPS) is 11.3. The molecule has 0 fully saturated rings. The van der Waals surface area contributed by atoms with E-state index in [1.165, 1.54) is 0 Å². The van der Waals surface area contributed by atoms with Gasteiger partial charge in [0.05, 0.1) is 12.8 Å². The van der Waals surface area contributed by atoms with E-state index in [9.17, 15) is 0 Å². The van der Waals surface area contributed by atoms with Crippen LogP contribution >= 0.6 is 11.8 Å². The Hall–Kier alpha value is -1.36. The summed E-state index contributed by atoms with van der Waals surface area (Å²) in [5, 5.41) is 6.53. The fraction of sp³-hybridized carbons (Fsp3) is 0.500. The van der Waals surface area contributed by atoms with Crippen LogP contribution in [0.1, 0.15) is 12.7 Å². The van der Waals surface area contributed by atoms with Crippen LogP contribution in [0.3, 0.4) is 0 Å². The molecule has 106 valence electrons. The van der Waals surface area contributed by atoms with Crippen molar-refractivity contribution in [3.05, 3.63) is 36.8 Å². The van der Waals surface area contributed by atoms with Crippen LogP contribution in [0, 0.1) is 0 Å². The molecule has 0 radical (unpaired) electrons. The zero-order valence-corrected chi connectivity index (χ0v) is 12.3. The van der Waals surface area contributed by atoms with Crippen molar-refractivity contribution in [3.8, 4) is 0 Å². The monoisotopic (exact) mass is 281 g/mol. The van der Waals surface area contributed by atoms with Gasteiger partial charge >= 0.3 is 0 Å². The lowest BCUT2D eigenvalue weighted by molar-refractivity contribution is 0.507. The molecule has 1 rings (SSSR count). The van der Waals surface area contributed by atoms with E-state index in [-0.39, 0.29) is 0 Å². The summed E-state index contributed by atoms with van der Waals surface area (Å²) >= 11 is 1.84. The number of hydrogen-bond acceptors (Lipinski definition) is 3. The molecule has 0 aliphatic carbocycles. The summed E-state index contributed by atoms with van der Waals surface area (Å²) in [6.07, 6.45) is 4.48. The van der Waals surface area contributed by atoms with Gasteiger partial charge in [0.2, 0.25) is 0 Å². The summed E-state index contributed by atoms with van der Waals surface area (Å²) in [4.78, 5) is 4.51. The maximum atomic E-state index is 5.29. The number of rotatable bonds is 9. The molecule has 1 aromatic rings. The summed E-state index contributed by atoms with van der Waals surface area (Å²) < 4.78 is 5.29. The Kier molecular flexibility index (Phi) is 8.72. The minimum Gasteiger partial charge on any atom is -0.469 e. The van der Waals surface area contributed by atoms with Crippen LogP contribution in [0.2, 0.25) is 0 Å². The Morgan fingerprint density at radius 2 is 2.42 bits per heavy atom. The average Bonchev–Trinajstić information content (AvgIpc) is 2.91. The average molecular weight is 281 g/mol. The topological polar surface area (TPSA) is 49.6 Å². The predicted octanol–water partition coefficient (Wildman–Crippen LogP) is 2.30. The van der Waals surface area contributed by atoms with Crippen LogP contribution < -0.4 is 10.6 Å². The van der Waals surface area contributed by atoms with E-state index >= 15 is 0 Å². The minimum atomic E-state index is 0.814. The molecule has 0 saturated carbocycles. The summed E-state index contributed by atoms with van der Waals surface area (Å²) in [5.41, 5.74) is 0. The van der Waals surface area contributed by atoms with E-state index in [0.717, 1.165) is 49.3 Å². The van der Waals surface area contributed by atoms with Crippen molar-refractivity contribution in [3.63, 3.8) is 0 Å². The molecule has 0 aromatic carbocycles. The highest BCUT2D eigenvalue weighted by Crippen LogP contribution is 2.00. The summed E-state index contributed by atoms with van der Waals surface area (Å²) in [7, 11) is 0. The quantitative estimate of drug-likeness (QED) is 0.316. The van der Waals surface area contributed by atoms with Crippen molar-refractivity contribution < 1.29 is 4.42 Å². The Balaban J connectivity index is 2.22. The van der Waals surface area contributed by atoms with Gasteiger partial charge in [0, 0.05) is 31.0 Å². The molecule has 1 heterocycles. The first-order chi connectivity index (χ1) is 9.36. The largest absolute Gasteiger partial charge is 0.469 e. The van der Waals surface area contributed by atoms with Gasteiger partial charge in [-0.3, -0.25) is 4.99 Å². The van der Waals surface area contributed by atoms with Gasteiger partial charge in [0.25, 0.3) is 0 Å². The number of nitrogens with zero attached hydrogens (tertiary/aromatic N) is 1. The summed E-state index contributed by atoms with van der Waals surface area (Å²) in [6, 6.07) is 3.89. The van der Waals surface area contributed by atoms with Gasteiger partial charge in [-0.15, -0.1) is 6.58 Å². The molecule has 0 unspecified atom stereocenters. The number of thioether (sulfide) groups is 1. The molecule has 19 heavy (non-hydrogen) atoms. The second-order valence-electron chi connectivity index (χ2n) is 3.88. The molecule has 5 heteroatoms. The van der Waals surface area contributed by atoms with Gasteiger partial charge in [-0.25, -0.2) is 0 Å². The first-order valence-corrected chi connectivity index (χ1v) is 7.75. The number of aliphatic imine (C=N–C) groups is 1. The van der Waals surface area contributed by atoms with E-state index in [0.29, 0.717) is 0 Å². The van der Waals surface area contributed by atoms with E-state index in [1.54, 1.807) is 6.26 Å². The molecular formula is C14H23N3OS. The maximum absolute atomic E-state index is 5.29. The highest BCUT2D eigenvalue weighted by molar-refractivity contribution is 7.99. The molecular weight excluding hydrogens is 258 g/mol. The fourth-order valence-corrected chi connectivity index (χ4v) is 2.04. The van der Waals surface area contributed by atoms with E-state index < -0.39 is 0 Å². The smallest absolute Gasteiger partial charge is 0.191 e. The van der Waals surface area contributed by atoms with Crippen LogP contribution in [-0.2, 0) is 6.42 Å². The third-order valence-electron chi connectivity index (χ3n) is 2.33. The molecule has 0 atom stereocenters. The van der Waals surface area contributed by atoms with E-state index in [1.807, 2.05) is 30.0 Å². The van der Waals surface area contributed by atoms with Crippen molar-refractivity contribution in [1.29, 1.82) is 0 Å². The molecule has 0 aliphatic heterocycles. The molecule has 0 spiro atoms. The lowest BCUT2D eigenvalue weighted by atomic mass is 10.3. The minimum absolute atomic E-state index is 0.814. The predicted molar refractivity (Wildman–Crippen MR) is 83.9 cm³/mol. The van der Waals surface area contributed by atoms with E-state index in [2.05, 4.69) is 29.1 Å². The third-order valence-corrected chi connectivity index (χ3v) is 3.27. The fourth-order valence-electron chi connectivity index (χ4n) is 1.49. The lowest BCUT2D eigenvalue weighted by Gasteiger charge is -2.10. The Morgan fingerprint density at radius 1 is 1.53 bits per heavy atom. The molecule has 0 bridgehead atoms. The third kappa shape index (κ3) is 7.62. The van der Waals surface area contributed by atoms with Gasteiger partial charge in [-0.05, 0) is 19.1 Å². The molecule has 4 nitrogen and oxygen atoms in total. The van der Waals surface area contributed by atoms with Crippen LogP contribution in [0.25, 0.3) is 0 Å². The van der Waals surface area contributed by atoms with Crippen molar-refractivity contribution >= 4 is 17.7 Å². The molecule has 0 saturated heterocycles. The van der Waals surface area contributed by atoms with Crippen molar-refractivity contribution in [1.82, 2.24) is 10.6 Å². The van der Waals surface area contributed by atoms with Gasteiger partial charge < -0.3 is 15.1 Å². The zero-order chi connectivity index (χ0) is 13.8. The Morgan fingerprint density at radius 3 is 3.11 bits per heavy atom. The van der Waals surface area contributed by atoms with Crippen LogP contribution in [0.4, 0.5) is 0 Å². The maximum Gasteiger partial charge on any atom is 0.191 e. The molecule has 2 N–H and O–H groups in total. The standard InChI is InChI=1S/C14H23N3OS/c1-3-11-19-12-9-17-14(15-4-2)16-8-7-13-6-5-10-18-13/h3,5-6,10H,1,4,7-9,11-12H2,2H3,(H2,15,16,17). The second-order valence-corrected chi connectivity index (χ2v) is 5.03. The SMILES string of the molecule is C=CCSCCN=C(NCC)NCCc1ccco1. The van der Waals surface area contributed by atoms with Crippen molar-refractivity contribution in [2.45, 2.75) is 13.3 Å². The summed E-state index contributed by atoms with van der Waals surface area (Å²) in [5.74, 6) is 3.86. The Bertz CT molecular complexity index is 363. The van der Waals surface area contributed by atoms with E-state index in [4.69, 9.17) is 4.42 Å². The van der Waals surface area contributed by atoms with Gasteiger partial charge in [-0.2, -0.15) is 11.8 Å². The molecule has 0 aliphatic rings. The molecule has 0 amide bonds. The number of hydrogen-bond donors (Lipinski definition) is 2. The lowest BCUT2D eigenvalue weighted by Crippen LogP contribution is -2.38. The Labute approximate surface area is 119 Å². The number of nitrogens with one attached hydrogen (secondary N) is 2. The highest BCUT2D eigenvalue weighted by atomic mass is 32.2. The first-order valence-electron chi connectivity index (χ1n) is 6.60. The van der Waals surface area contributed by atoms with Gasteiger partial charge in [-0.1, -0.05) is 6.08 Å². The van der Waals surface area contributed by atoms with Crippen LogP contribution in [0.5, 0.6) is 0 Å². The van der Waals surface area contributed by atoms with Gasteiger partial charge in [0.1, 0.15) is 5.76 Å². The number of furan rings is 1. The molecule has 1 aromatic heterocycles. The van der Waals surface area contributed by atoms with Crippen LogP contribution in [0.15, 0.2) is 40.5 Å². The van der Waals surface area contributed by atoms with Crippen LogP contribution in [-0.4, -0.2) is 37.1 Å². The van der Waals surface area contributed by atoms with Crippen molar-refractivity contribution in [2.75, 3.05) is 31.1 Å². The summed E-state index contributed by atoms with van der Waals surface area (Å²) in [6.45, 7) is 8.26. The highest BCUT2D eigenvalue weighted by Gasteiger charge is 1.98. The van der Waals surface area contributed by atoms with Gasteiger partial charge in [0.15, 0.2) is 5.96 Å². The second kappa shape index (κ2) is 10.6. The zero-order valence-electron chi connectivity index (χ0n) is 11.5. The first kappa shape index (κ1) is 15.7.